The Hall–Kier alpha value is -1.55. The van der Waals surface area contributed by atoms with E-state index in [2.05, 4.69) is 4.98 Å². The van der Waals surface area contributed by atoms with Gasteiger partial charge in [0.2, 0.25) is 0 Å². The first-order valence-electron chi connectivity index (χ1n) is 5.40. The van der Waals surface area contributed by atoms with Crippen LogP contribution >= 0.6 is 0 Å². The molecule has 0 aliphatic carbocycles. The van der Waals surface area contributed by atoms with E-state index < -0.39 is 12.0 Å². The molecule has 0 aliphatic rings. The molecule has 0 spiro atoms. The fraction of sp³-hybridized carbons (Fsp3) is 0.308. The maximum absolute atomic E-state index is 12.7. The highest BCUT2D eigenvalue weighted by atomic mass is 19.3. The van der Waals surface area contributed by atoms with Gasteiger partial charge in [-0.3, -0.25) is 4.98 Å². The number of benzene rings is 1. The van der Waals surface area contributed by atoms with Crippen molar-refractivity contribution in [2.24, 2.45) is 5.73 Å². The van der Waals surface area contributed by atoms with Gasteiger partial charge in [0.1, 0.15) is 0 Å². The molecule has 0 saturated heterocycles. The molecule has 17 heavy (non-hydrogen) atoms. The van der Waals surface area contributed by atoms with Crippen molar-refractivity contribution in [2.75, 3.05) is 0 Å². The fourth-order valence-electron chi connectivity index (χ4n) is 1.74. The standard InChI is InChI=1S/C13H14F2N2/c1-13(16,12(14)15)8-9-4-5-10-3-2-6-17-11(10)7-9/h2-7,12H,8,16H2,1H3. The van der Waals surface area contributed by atoms with Gasteiger partial charge < -0.3 is 5.73 Å². The van der Waals surface area contributed by atoms with Crippen molar-refractivity contribution in [3.8, 4) is 0 Å². The SMILES string of the molecule is CC(N)(Cc1ccc2cccnc2c1)C(F)F. The van der Waals surface area contributed by atoms with Crippen LogP contribution in [0, 0.1) is 0 Å². The van der Waals surface area contributed by atoms with Gasteiger partial charge in [0.05, 0.1) is 11.1 Å². The van der Waals surface area contributed by atoms with E-state index in [0.29, 0.717) is 0 Å². The second-order valence-corrected chi connectivity index (χ2v) is 4.51. The van der Waals surface area contributed by atoms with Crippen LogP contribution in [0.4, 0.5) is 8.78 Å². The van der Waals surface area contributed by atoms with Gasteiger partial charge in [0.25, 0.3) is 6.43 Å². The number of aromatic nitrogens is 1. The lowest BCUT2D eigenvalue weighted by Crippen LogP contribution is -2.45. The molecule has 0 radical (unpaired) electrons. The fourth-order valence-corrected chi connectivity index (χ4v) is 1.74. The van der Waals surface area contributed by atoms with Crippen molar-refractivity contribution in [3.63, 3.8) is 0 Å². The highest BCUT2D eigenvalue weighted by Gasteiger charge is 2.30. The van der Waals surface area contributed by atoms with Crippen LogP contribution in [0.15, 0.2) is 36.5 Å². The summed E-state index contributed by atoms with van der Waals surface area (Å²) in [5.74, 6) is 0. The van der Waals surface area contributed by atoms with Crippen LogP contribution in [0.5, 0.6) is 0 Å². The van der Waals surface area contributed by atoms with Gasteiger partial charge in [-0.2, -0.15) is 0 Å². The Balaban J connectivity index is 2.31. The number of nitrogens with two attached hydrogens (primary N) is 1. The summed E-state index contributed by atoms with van der Waals surface area (Å²) in [5, 5.41) is 0.993. The minimum atomic E-state index is -2.54. The first-order valence-corrected chi connectivity index (χ1v) is 5.40. The molecule has 2 N–H and O–H groups in total. The summed E-state index contributed by atoms with van der Waals surface area (Å²) >= 11 is 0. The highest BCUT2D eigenvalue weighted by molar-refractivity contribution is 5.78. The molecule has 0 bridgehead atoms. The van der Waals surface area contributed by atoms with Gasteiger partial charge in [-0.25, -0.2) is 8.78 Å². The van der Waals surface area contributed by atoms with E-state index in [4.69, 9.17) is 5.73 Å². The van der Waals surface area contributed by atoms with Crippen LogP contribution in [0.3, 0.4) is 0 Å². The zero-order valence-electron chi connectivity index (χ0n) is 9.53. The average Bonchev–Trinajstić information content (AvgIpc) is 2.28. The molecule has 2 aromatic rings. The lowest BCUT2D eigenvalue weighted by molar-refractivity contribution is 0.0639. The lowest BCUT2D eigenvalue weighted by atomic mass is 9.94. The number of pyridine rings is 1. The van der Waals surface area contributed by atoms with Crippen molar-refractivity contribution >= 4 is 10.9 Å². The Morgan fingerprint density at radius 3 is 2.82 bits per heavy atom. The Morgan fingerprint density at radius 2 is 2.12 bits per heavy atom. The quantitative estimate of drug-likeness (QED) is 0.890. The zero-order chi connectivity index (χ0) is 12.5. The molecule has 2 nitrogen and oxygen atoms in total. The second-order valence-electron chi connectivity index (χ2n) is 4.51. The summed E-state index contributed by atoms with van der Waals surface area (Å²) < 4.78 is 25.3. The molecule has 1 aromatic heterocycles. The molecule has 1 aromatic carbocycles. The van der Waals surface area contributed by atoms with E-state index in [0.717, 1.165) is 16.5 Å². The molecular weight excluding hydrogens is 222 g/mol. The number of hydrogen-bond acceptors (Lipinski definition) is 2. The van der Waals surface area contributed by atoms with E-state index in [1.165, 1.54) is 6.92 Å². The van der Waals surface area contributed by atoms with Crippen molar-refractivity contribution in [1.82, 2.24) is 4.98 Å². The minimum absolute atomic E-state index is 0.136. The van der Waals surface area contributed by atoms with E-state index in [1.807, 2.05) is 30.3 Å². The smallest absolute Gasteiger partial charge is 0.256 e. The van der Waals surface area contributed by atoms with Gasteiger partial charge in [-0.05, 0) is 31.0 Å². The predicted molar refractivity (Wildman–Crippen MR) is 64.0 cm³/mol. The average molecular weight is 236 g/mol. The molecular formula is C13H14F2N2. The molecule has 4 heteroatoms. The molecule has 1 heterocycles. The van der Waals surface area contributed by atoms with E-state index >= 15 is 0 Å². The number of halogens is 2. The number of hydrogen-bond donors (Lipinski definition) is 1. The van der Waals surface area contributed by atoms with E-state index in [9.17, 15) is 8.78 Å². The van der Waals surface area contributed by atoms with Crippen molar-refractivity contribution < 1.29 is 8.78 Å². The Labute approximate surface area is 98.5 Å². The lowest BCUT2D eigenvalue weighted by Gasteiger charge is -2.23. The predicted octanol–water partition coefficient (Wildman–Crippen LogP) is 2.76. The third-order valence-corrected chi connectivity index (χ3v) is 2.75. The highest BCUT2D eigenvalue weighted by Crippen LogP contribution is 2.20. The van der Waals surface area contributed by atoms with Crippen LogP contribution in [0.2, 0.25) is 0 Å². The van der Waals surface area contributed by atoms with Gasteiger partial charge in [0, 0.05) is 11.6 Å². The monoisotopic (exact) mass is 236 g/mol. The maximum Gasteiger partial charge on any atom is 0.256 e. The number of rotatable bonds is 3. The molecule has 1 atom stereocenters. The summed E-state index contributed by atoms with van der Waals surface area (Å²) in [6.45, 7) is 1.36. The number of nitrogens with zero attached hydrogens (tertiary/aromatic N) is 1. The van der Waals surface area contributed by atoms with Crippen molar-refractivity contribution in [2.45, 2.75) is 25.3 Å². The van der Waals surface area contributed by atoms with Gasteiger partial charge in [0.15, 0.2) is 0 Å². The van der Waals surface area contributed by atoms with E-state index in [1.54, 1.807) is 6.20 Å². The van der Waals surface area contributed by atoms with Gasteiger partial charge in [-0.1, -0.05) is 18.2 Å². The molecule has 2 rings (SSSR count). The van der Waals surface area contributed by atoms with Crippen LogP contribution < -0.4 is 5.73 Å². The van der Waals surface area contributed by atoms with Crippen LogP contribution in [-0.2, 0) is 6.42 Å². The number of alkyl halides is 2. The molecule has 0 amide bonds. The largest absolute Gasteiger partial charge is 0.320 e. The normalized spacial score (nSPS) is 15.1. The number of fused-ring (bicyclic) bond motifs is 1. The Kier molecular flexibility index (Phi) is 3.07. The summed E-state index contributed by atoms with van der Waals surface area (Å²) in [5.41, 5.74) is 5.65. The van der Waals surface area contributed by atoms with Crippen LogP contribution in [-0.4, -0.2) is 16.9 Å². The minimum Gasteiger partial charge on any atom is -0.320 e. The summed E-state index contributed by atoms with van der Waals surface area (Å²) in [6.07, 6.45) is -0.722. The van der Waals surface area contributed by atoms with Gasteiger partial charge in [-0.15, -0.1) is 0 Å². The molecule has 1 unspecified atom stereocenters. The summed E-state index contributed by atoms with van der Waals surface area (Å²) in [6, 6.07) is 9.27. The third-order valence-electron chi connectivity index (χ3n) is 2.75. The van der Waals surface area contributed by atoms with E-state index in [-0.39, 0.29) is 6.42 Å². The summed E-state index contributed by atoms with van der Waals surface area (Å²) in [4.78, 5) is 4.19. The van der Waals surface area contributed by atoms with Gasteiger partial charge >= 0.3 is 0 Å². The molecule has 0 saturated carbocycles. The molecule has 0 fully saturated rings. The molecule has 90 valence electrons. The Morgan fingerprint density at radius 1 is 1.35 bits per heavy atom. The topological polar surface area (TPSA) is 38.9 Å². The summed E-state index contributed by atoms with van der Waals surface area (Å²) in [7, 11) is 0. The van der Waals surface area contributed by atoms with Crippen LogP contribution in [0.1, 0.15) is 12.5 Å². The van der Waals surface area contributed by atoms with Crippen molar-refractivity contribution in [1.29, 1.82) is 0 Å². The van der Waals surface area contributed by atoms with Crippen molar-refractivity contribution in [3.05, 3.63) is 42.1 Å². The second kappa shape index (κ2) is 4.37. The maximum atomic E-state index is 12.7. The molecule has 0 aliphatic heterocycles. The Bertz CT molecular complexity index is 524. The zero-order valence-corrected chi connectivity index (χ0v) is 9.53. The first-order chi connectivity index (χ1) is 7.99. The third kappa shape index (κ3) is 2.58. The first kappa shape index (κ1) is 11.9. The van der Waals surface area contributed by atoms with Crippen LogP contribution in [0.25, 0.3) is 10.9 Å².